The minimum atomic E-state index is 0.688. The van der Waals surface area contributed by atoms with Crippen molar-refractivity contribution in [1.29, 1.82) is 0 Å². The van der Waals surface area contributed by atoms with E-state index in [-0.39, 0.29) is 0 Å². The molecular formula is C14H23N. The molecular weight excluding hydrogens is 182 g/mol. The van der Waals surface area contributed by atoms with Crippen molar-refractivity contribution in [2.75, 3.05) is 6.54 Å². The van der Waals surface area contributed by atoms with Crippen molar-refractivity contribution in [3.63, 3.8) is 0 Å². The van der Waals surface area contributed by atoms with Crippen LogP contribution in [0, 0.1) is 13.8 Å². The van der Waals surface area contributed by atoms with E-state index in [2.05, 4.69) is 39.0 Å². The zero-order valence-electron chi connectivity index (χ0n) is 10.2. The van der Waals surface area contributed by atoms with Crippen LogP contribution < -0.4 is 5.73 Å². The highest BCUT2D eigenvalue weighted by Gasteiger charge is 2.11. The molecule has 0 saturated heterocycles. The smallest absolute Gasteiger partial charge is 0.00771 e. The van der Waals surface area contributed by atoms with Gasteiger partial charge in [-0.05, 0) is 56.7 Å². The van der Waals surface area contributed by atoms with Gasteiger partial charge in [-0.3, -0.25) is 0 Å². The van der Waals surface area contributed by atoms with Crippen LogP contribution in [0.1, 0.15) is 48.8 Å². The van der Waals surface area contributed by atoms with E-state index in [1.807, 2.05) is 0 Å². The number of aryl methyl sites for hydroxylation is 2. The topological polar surface area (TPSA) is 26.0 Å². The van der Waals surface area contributed by atoms with Crippen LogP contribution in [0.15, 0.2) is 18.2 Å². The summed E-state index contributed by atoms with van der Waals surface area (Å²) in [5.41, 5.74) is 9.88. The first kappa shape index (κ1) is 12.3. The summed E-state index contributed by atoms with van der Waals surface area (Å²) >= 11 is 0. The highest BCUT2D eigenvalue weighted by Crippen LogP contribution is 2.27. The van der Waals surface area contributed by atoms with Crippen LogP contribution in [-0.4, -0.2) is 6.54 Å². The monoisotopic (exact) mass is 205 g/mol. The normalized spacial score (nSPS) is 12.8. The quantitative estimate of drug-likeness (QED) is 0.781. The first-order chi connectivity index (χ1) is 7.19. The van der Waals surface area contributed by atoms with Gasteiger partial charge in [0, 0.05) is 0 Å². The lowest BCUT2D eigenvalue weighted by Gasteiger charge is -2.18. The van der Waals surface area contributed by atoms with Crippen molar-refractivity contribution in [2.45, 2.75) is 46.0 Å². The van der Waals surface area contributed by atoms with Crippen molar-refractivity contribution < 1.29 is 0 Å². The summed E-state index contributed by atoms with van der Waals surface area (Å²) in [6.45, 7) is 7.45. The van der Waals surface area contributed by atoms with E-state index in [4.69, 9.17) is 5.73 Å². The Bertz CT molecular complexity index is 304. The van der Waals surface area contributed by atoms with Crippen molar-refractivity contribution in [3.05, 3.63) is 34.9 Å². The van der Waals surface area contributed by atoms with Crippen LogP contribution in [-0.2, 0) is 0 Å². The van der Waals surface area contributed by atoms with Crippen molar-refractivity contribution in [1.82, 2.24) is 0 Å². The Labute approximate surface area is 93.7 Å². The third kappa shape index (κ3) is 3.35. The molecule has 0 spiro atoms. The second-order valence-corrected chi connectivity index (χ2v) is 4.40. The maximum atomic E-state index is 5.58. The standard InChI is InChI=1S/C14H23N/c1-4-13(6-5-9-15)14-10-11(2)7-8-12(14)3/h7-8,10,13H,4-6,9,15H2,1-3H3. The molecule has 1 nitrogen and oxygen atoms in total. The fraction of sp³-hybridized carbons (Fsp3) is 0.571. The molecule has 0 radical (unpaired) electrons. The predicted molar refractivity (Wildman–Crippen MR) is 67.2 cm³/mol. The van der Waals surface area contributed by atoms with E-state index < -0.39 is 0 Å². The summed E-state index contributed by atoms with van der Waals surface area (Å²) in [7, 11) is 0. The number of rotatable bonds is 5. The molecule has 0 bridgehead atoms. The summed E-state index contributed by atoms with van der Waals surface area (Å²) in [5, 5.41) is 0. The van der Waals surface area contributed by atoms with Gasteiger partial charge in [-0.25, -0.2) is 0 Å². The Hall–Kier alpha value is -0.820. The zero-order chi connectivity index (χ0) is 11.3. The minimum Gasteiger partial charge on any atom is -0.330 e. The third-order valence-electron chi connectivity index (χ3n) is 3.12. The van der Waals surface area contributed by atoms with E-state index in [9.17, 15) is 0 Å². The molecule has 1 rings (SSSR count). The van der Waals surface area contributed by atoms with E-state index in [0.29, 0.717) is 5.92 Å². The highest BCUT2D eigenvalue weighted by molar-refractivity contribution is 5.33. The summed E-state index contributed by atoms with van der Waals surface area (Å²) in [6.07, 6.45) is 3.56. The predicted octanol–water partition coefficient (Wildman–Crippen LogP) is 3.54. The van der Waals surface area contributed by atoms with Crippen LogP contribution in [0.5, 0.6) is 0 Å². The third-order valence-corrected chi connectivity index (χ3v) is 3.12. The number of hydrogen-bond acceptors (Lipinski definition) is 1. The summed E-state index contributed by atoms with van der Waals surface area (Å²) in [6, 6.07) is 6.75. The molecule has 84 valence electrons. The molecule has 0 heterocycles. The Balaban J connectivity index is 2.85. The van der Waals surface area contributed by atoms with Gasteiger partial charge in [-0.15, -0.1) is 0 Å². The molecule has 0 aliphatic carbocycles. The SMILES string of the molecule is CCC(CCCN)c1cc(C)ccc1C. The van der Waals surface area contributed by atoms with Gasteiger partial charge in [-0.2, -0.15) is 0 Å². The van der Waals surface area contributed by atoms with Crippen LogP contribution >= 0.6 is 0 Å². The van der Waals surface area contributed by atoms with Gasteiger partial charge in [0.25, 0.3) is 0 Å². The molecule has 2 N–H and O–H groups in total. The summed E-state index contributed by atoms with van der Waals surface area (Å²) in [5.74, 6) is 0.688. The molecule has 0 aliphatic heterocycles. The number of nitrogens with two attached hydrogens (primary N) is 1. The van der Waals surface area contributed by atoms with E-state index >= 15 is 0 Å². The Morgan fingerprint density at radius 3 is 2.60 bits per heavy atom. The first-order valence-corrected chi connectivity index (χ1v) is 5.96. The lowest BCUT2D eigenvalue weighted by molar-refractivity contribution is 0.578. The second-order valence-electron chi connectivity index (χ2n) is 4.40. The van der Waals surface area contributed by atoms with Gasteiger partial charge in [0.05, 0.1) is 0 Å². The van der Waals surface area contributed by atoms with Crippen LogP contribution in [0.3, 0.4) is 0 Å². The maximum Gasteiger partial charge on any atom is -0.00771 e. The van der Waals surface area contributed by atoms with E-state index in [1.54, 1.807) is 0 Å². The molecule has 1 aromatic rings. The molecule has 0 aliphatic rings. The first-order valence-electron chi connectivity index (χ1n) is 5.96. The van der Waals surface area contributed by atoms with Gasteiger partial charge in [0.15, 0.2) is 0 Å². The maximum absolute atomic E-state index is 5.58. The molecule has 0 aromatic heterocycles. The lowest BCUT2D eigenvalue weighted by Crippen LogP contribution is -2.05. The average Bonchev–Trinajstić information content (AvgIpc) is 2.24. The second kappa shape index (κ2) is 5.92. The van der Waals surface area contributed by atoms with Gasteiger partial charge in [0.2, 0.25) is 0 Å². The molecule has 0 fully saturated rings. The molecule has 1 heteroatoms. The Kier molecular flexibility index (Phi) is 4.83. The lowest BCUT2D eigenvalue weighted by atomic mass is 9.88. The highest BCUT2D eigenvalue weighted by atomic mass is 14.5. The van der Waals surface area contributed by atoms with Gasteiger partial charge in [-0.1, -0.05) is 30.7 Å². The fourth-order valence-electron chi connectivity index (χ4n) is 2.14. The van der Waals surface area contributed by atoms with E-state index in [1.165, 1.54) is 29.5 Å². The van der Waals surface area contributed by atoms with Crippen molar-refractivity contribution in [2.24, 2.45) is 5.73 Å². The van der Waals surface area contributed by atoms with Gasteiger partial charge < -0.3 is 5.73 Å². The molecule has 15 heavy (non-hydrogen) atoms. The summed E-state index contributed by atoms with van der Waals surface area (Å²) in [4.78, 5) is 0. The Morgan fingerprint density at radius 2 is 2.00 bits per heavy atom. The van der Waals surface area contributed by atoms with Gasteiger partial charge in [0.1, 0.15) is 0 Å². The average molecular weight is 205 g/mol. The van der Waals surface area contributed by atoms with Crippen LogP contribution in [0.2, 0.25) is 0 Å². The number of hydrogen-bond donors (Lipinski definition) is 1. The molecule has 1 atom stereocenters. The minimum absolute atomic E-state index is 0.688. The van der Waals surface area contributed by atoms with Crippen LogP contribution in [0.25, 0.3) is 0 Å². The van der Waals surface area contributed by atoms with Crippen LogP contribution in [0.4, 0.5) is 0 Å². The Morgan fingerprint density at radius 1 is 1.27 bits per heavy atom. The fourth-order valence-corrected chi connectivity index (χ4v) is 2.14. The molecule has 0 saturated carbocycles. The molecule has 0 amide bonds. The summed E-state index contributed by atoms with van der Waals surface area (Å²) < 4.78 is 0. The van der Waals surface area contributed by atoms with Crippen molar-refractivity contribution in [3.8, 4) is 0 Å². The number of benzene rings is 1. The van der Waals surface area contributed by atoms with Crippen molar-refractivity contribution >= 4 is 0 Å². The van der Waals surface area contributed by atoms with E-state index in [0.717, 1.165) is 13.0 Å². The largest absolute Gasteiger partial charge is 0.330 e. The zero-order valence-corrected chi connectivity index (χ0v) is 10.2. The molecule has 1 unspecified atom stereocenters. The van der Waals surface area contributed by atoms with Gasteiger partial charge >= 0.3 is 0 Å². The molecule has 1 aromatic carbocycles.